The molecule has 1 aromatic carbocycles. The van der Waals surface area contributed by atoms with Gasteiger partial charge < -0.3 is 15.0 Å². The Morgan fingerprint density at radius 3 is 2.55 bits per heavy atom. The standard InChI is InChI=1S/C15H23N3OS/c1-19-15(20)16-8-5-9-17-10-12-18(13-11-17)14-6-3-2-4-7-14/h2-4,6-7H,5,8-13H2,1H3,(H,16,20). The molecule has 20 heavy (non-hydrogen) atoms. The van der Waals surface area contributed by atoms with Gasteiger partial charge in [0, 0.05) is 38.4 Å². The molecular formula is C15H23N3OS. The quantitative estimate of drug-likeness (QED) is 0.659. The van der Waals surface area contributed by atoms with Crippen molar-refractivity contribution in [2.45, 2.75) is 6.42 Å². The summed E-state index contributed by atoms with van der Waals surface area (Å²) in [5.41, 5.74) is 1.33. The van der Waals surface area contributed by atoms with E-state index in [-0.39, 0.29) is 0 Å². The highest BCUT2D eigenvalue weighted by Crippen LogP contribution is 2.15. The summed E-state index contributed by atoms with van der Waals surface area (Å²) in [7, 11) is 1.60. The number of anilines is 1. The van der Waals surface area contributed by atoms with Gasteiger partial charge in [0.2, 0.25) is 0 Å². The van der Waals surface area contributed by atoms with Gasteiger partial charge in [0.1, 0.15) is 0 Å². The SMILES string of the molecule is COC(=S)NCCCN1CCN(c2ccccc2)CC1. The highest BCUT2D eigenvalue weighted by atomic mass is 32.1. The lowest BCUT2D eigenvalue weighted by molar-refractivity contribution is 0.254. The maximum Gasteiger partial charge on any atom is 0.256 e. The first-order valence-corrected chi connectivity index (χ1v) is 7.54. The van der Waals surface area contributed by atoms with Gasteiger partial charge in [-0.3, -0.25) is 4.90 Å². The minimum Gasteiger partial charge on any atom is -0.474 e. The predicted molar refractivity (Wildman–Crippen MR) is 87.3 cm³/mol. The number of para-hydroxylation sites is 1. The van der Waals surface area contributed by atoms with E-state index in [4.69, 9.17) is 17.0 Å². The summed E-state index contributed by atoms with van der Waals surface area (Å²) in [6.45, 7) is 6.46. The topological polar surface area (TPSA) is 27.7 Å². The summed E-state index contributed by atoms with van der Waals surface area (Å²) < 4.78 is 4.91. The van der Waals surface area contributed by atoms with Crippen molar-refractivity contribution in [3.63, 3.8) is 0 Å². The van der Waals surface area contributed by atoms with Crippen LogP contribution >= 0.6 is 12.2 Å². The van der Waals surface area contributed by atoms with Crippen LogP contribution in [0.15, 0.2) is 30.3 Å². The number of nitrogens with zero attached hydrogens (tertiary/aromatic N) is 2. The zero-order chi connectivity index (χ0) is 14.2. The Morgan fingerprint density at radius 1 is 1.20 bits per heavy atom. The molecule has 5 heteroatoms. The molecule has 1 aliphatic heterocycles. The number of methoxy groups -OCH3 is 1. The maximum atomic E-state index is 4.94. The minimum atomic E-state index is 0.485. The second kappa shape index (κ2) is 8.07. The van der Waals surface area contributed by atoms with Gasteiger partial charge in [-0.25, -0.2) is 0 Å². The molecule has 0 aromatic heterocycles. The van der Waals surface area contributed by atoms with Crippen LogP contribution in [0.3, 0.4) is 0 Å². The van der Waals surface area contributed by atoms with Crippen molar-refractivity contribution < 1.29 is 4.74 Å². The fraction of sp³-hybridized carbons (Fsp3) is 0.533. The Morgan fingerprint density at radius 2 is 1.90 bits per heavy atom. The third-order valence-electron chi connectivity index (χ3n) is 3.60. The Bertz CT molecular complexity index is 405. The van der Waals surface area contributed by atoms with Gasteiger partial charge in [-0.1, -0.05) is 18.2 Å². The van der Waals surface area contributed by atoms with E-state index in [9.17, 15) is 0 Å². The van der Waals surface area contributed by atoms with Gasteiger partial charge in [-0.05, 0) is 37.3 Å². The summed E-state index contributed by atoms with van der Waals surface area (Å²) in [4.78, 5) is 4.96. The van der Waals surface area contributed by atoms with Gasteiger partial charge in [-0.2, -0.15) is 0 Å². The molecule has 110 valence electrons. The van der Waals surface area contributed by atoms with Crippen molar-refractivity contribution in [2.75, 3.05) is 51.3 Å². The molecule has 1 aromatic rings. The Labute approximate surface area is 126 Å². The minimum absolute atomic E-state index is 0.485. The van der Waals surface area contributed by atoms with Crippen LogP contribution < -0.4 is 10.2 Å². The van der Waals surface area contributed by atoms with E-state index in [0.29, 0.717) is 5.17 Å². The molecule has 0 saturated carbocycles. The molecule has 0 atom stereocenters. The number of thiocarbonyl (C=S) groups is 1. The maximum absolute atomic E-state index is 4.94. The van der Waals surface area contributed by atoms with Crippen LogP contribution in [0, 0.1) is 0 Å². The third kappa shape index (κ3) is 4.65. The molecule has 0 aliphatic carbocycles. The average Bonchev–Trinajstić information content (AvgIpc) is 2.52. The number of hydrogen-bond donors (Lipinski definition) is 1. The summed E-state index contributed by atoms with van der Waals surface area (Å²) in [6, 6.07) is 10.6. The lowest BCUT2D eigenvalue weighted by atomic mass is 10.2. The van der Waals surface area contributed by atoms with E-state index in [1.165, 1.54) is 5.69 Å². The lowest BCUT2D eigenvalue weighted by Gasteiger charge is -2.36. The van der Waals surface area contributed by atoms with Crippen LogP contribution in [0.4, 0.5) is 5.69 Å². The first-order chi connectivity index (χ1) is 9.79. The summed E-state index contributed by atoms with van der Waals surface area (Å²) >= 11 is 4.94. The molecule has 1 aliphatic rings. The van der Waals surface area contributed by atoms with Gasteiger partial charge in [-0.15, -0.1) is 0 Å². The number of benzene rings is 1. The van der Waals surface area contributed by atoms with Crippen LogP contribution in [0.2, 0.25) is 0 Å². The lowest BCUT2D eigenvalue weighted by Crippen LogP contribution is -2.47. The highest BCUT2D eigenvalue weighted by Gasteiger charge is 2.16. The van der Waals surface area contributed by atoms with Crippen molar-refractivity contribution in [1.29, 1.82) is 0 Å². The van der Waals surface area contributed by atoms with Crippen molar-refractivity contribution in [2.24, 2.45) is 0 Å². The van der Waals surface area contributed by atoms with E-state index in [1.54, 1.807) is 7.11 Å². The number of rotatable bonds is 5. The predicted octanol–water partition coefficient (Wildman–Crippen LogP) is 1.72. The van der Waals surface area contributed by atoms with E-state index < -0.39 is 0 Å². The molecule has 0 radical (unpaired) electrons. The zero-order valence-corrected chi connectivity index (χ0v) is 12.9. The van der Waals surface area contributed by atoms with Crippen LogP contribution in [-0.2, 0) is 4.74 Å². The molecule has 1 heterocycles. The monoisotopic (exact) mass is 293 g/mol. The highest BCUT2D eigenvalue weighted by molar-refractivity contribution is 7.80. The van der Waals surface area contributed by atoms with Crippen molar-refractivity contribution in [3.8, 4) is 0 Å². The largest absolute Gasteiger partial charge is 0.474 e. The number of piperazine rings is 1. The first-order valence-electron chi connectivity index (χ1n) is 7.14. The van der Waals surface area contributed by atoms with Crippen molar-refractivity contribution in [1.82, 2.24) is 10.2 Å². The molecular weight excluding hydrogens is 270 g/mol. The zero-order valence-electron chi connectivity index (χ0n) is 12.0. The summed E-state index contributed by atoms with van der Waals surface area (Å²) in [5.74, 6) is 0. The molecule has 1 N–H and O–H groups in total. The second-order valence-electron chi connectivity index (χ2n) is 4.94. The first kappa shape index (κ1) is 15.1. The van der Waals surface area contributed by atoms with E-state index in [1.807, 2.05) is 0 Å². The van der Waals surface area contributed by atoms with Gasteiger partial charge in [0.25, 0.3) is 5.17 Å². The van der Waals surface area contributed by atoms with Crippen LogP contribution in [0.1, 0.15) is 6.42 Å². The molecule has 1 fully saturated rings. The van der Waals surface area contributed by atoms with E-state index in [2.05, 4.69) is 45.4 Å². The summed E-state index contributed by atoms with van der Waals surface area (Å²) in [5, 5.41) is 3.56. The van der Waals surface area contributed by atoms with Gasteiger partial charge in [0.15, 0.2) is 0 Å². The Balaban J connectivity index is 1.63. The molecule has 0 amide bonds. The summed E-state index contributed by atoms with van der Waals surface area (Å²) in [6.07, 6.45) is 1.09. The van der Waals surface area contributed by atoms with E-state index in [0.717, 1.165) is 45.7 Å². The van der Waals surface area contributed by atoms with Crippen LogP contribution in [-0.4, -0.2) is 56.5 Å². The fourth-order valence-corrected chi connectivity index (χ4v) is 2.54. The molecule has 0 spiro atoms. The molecule has 2 rings (SSSR count). The number of ether oxygens (including phenoxy) is 1. The molecule has 1 saturated heterocycles. The van der Waals surface area contributed by atoms with Crippen molar-refractivity contribution in [3.05, 3.63) is 30.3 Å². The molecule has 4 nitrogen and oxygen atoms in total. The molecule has 0 bridgehead atoms. The second-order valence-corrected chi connectivity index (χ2v) is 5.31. The van der Waals surface area contributed by atoms with Gasteiger partial charge >= 0.3 is 0 Å². The average molecular weight is 293 g/mol. The number of nitrogens with one attached hydrogen (secondary N) is 1. The van der Waals surface area contributed by atoms with Crippen molar-refractivity contribution >= 4 is 23.1 Å². The number of hydrogen-bond acceptors (Lipinski definition) is 4. The Kier molecular flexibility index (Phi) is 6.08. The molecule has 0 unspecified atom stereocenters. The smallest absolute Gasteiger partial charge is 0.256 e. The van der Waals surface area contributed by atoms with E-state index >= 15 is 0 Å². The fourth-order valence-electron chi connectivity index (χ4n) is 2.43. The third-order valence-corrected chi connectivity index (χ3v) is 3.91. The van der Waals surface area contributed by atoms with Crippen LogP contribution in [0.25, 0.3) is 0 Å². The van der Waals surface area contributed by atoms with Crippen LogP contribution in [0.5, 0.6) is 0 Å². The normalized spacial score (nSPS) is 15.9. The Hall–Kier alpha value is -1.33. The van der Waals surface area contributed by atoms with Gasteiger partial charge in [0.05, 0.1) is 7.11 Å².